The molecule has 0 aliphatic heterocycles. The number of hydrogen-bond acceptors (Lipinski definition) is 3. The molecule has 1 aromatic heterocycles. The van der Waals surface area contributed by atoms with Crippen LogP contribution in [0.1, 0.15) is 24.1 Å². The van der Waals surface area contributed by atoms with E-state index in [9.17, 15) is 9.18 Å². The monoisotopic (exact) mass is 352 g/mol. The quantitative estimate of drug-likeness (QED) is 0.893. The number of rotatable bonds is 5. The number of alkyl halides is 1. The van der Waals surface area contributed by atoms with E-state index in [-0.39, 0.29) is 18.2 Å². The highest BCUT2D eigenvalue weighted by Gasteiger charge is 2.47. The van der Waals surface area contributed by atoms with Crippen LogP contribution >= 0.6 is 15.9 Å². The summed E-state index contributed by atoms with van der Waals surface area (Å²) in [6.07, 6.45) is 1.81. The van der Waals surface area contributed by atoms with Crippen LogP contribution in [0.15, 0.2) is 39.3 Å². The molecule has 1 fully saturated rings. The molecule has 1 aromatic carbocycles. The van der Waals surface area contributed by atoms with Crippen molar-refractivity contribution < 1.29 is 13.7 Å². The van der Waals surface area contributed by atoms with Crippen LogP contribution < -0.4 is 5.32 Å². The predicted molar refractivity (Wildman–Crippen MR) is 79.9 cm³/mol. The van der Waals surface area contributed by atoms with Gasteiger partial charge in [0, 0.05) is 16.0 Å². The molecule has 6 heteroatoms. The van der Waals surface area contributed by atoms with Gasteiger partial charge in [0.2, 0.25) is 11.8 Å². The van der Waals surface area contributed by atoms with E-state index < -0.39 is 12.1 Å². The summed E-state index contributed by atoms with van der Waals surface area (Å²) in [5.41, 5.74) is 1.01. The number of halogens is 2. The average molecular weight is 353 g/mol. The first-order valence-electron chi connectivity index (χ1n) is 6.69. The molecule has 0 unspecified atom stereocenters. The van der Waals surface area contributed by atoms with Crippen LogP contribution in [0, 0.1) is 0 Å². The van der Waals surface area contributed by atoms with Crippen LogP contribution in [0.4, 0.5) is 10.3 Å². The lowest BCUT2D eigenvalue weighted by Gasteiger charge is -2.03. The van der Waals surface area contributed by atoms with Crippen molar-refractivity contribution in [3.8, 4) is 0 Å². The lowest BCUT2D eigenvalue weighted by molar-refractivity contribution is -0.115. The Morgan fingerprint density at radius 1 is 1.38 bits per heavy atom. The van der Waals surface area contributed by atoms with Gasteiger partial charge < -0.3 is 4.52 Å². The van der Waals surface area contributed by atoms with E-state index in [0.29, 0.717) is 5.69 Å². The van der Waals surface area contributed by atoms with Gasteiger partial charge in [0.05, 0.1) is 12.1 Å². The fraction of sp³-hybridized carbons (Fsp3) is 0.333. The van der Waals surface area contributed by atoms with E-state index >= 15 is 0 Å². The highest BCUT2D eigenvalue weighted by Crippen LogP contribution is 2.48. The normalized spacial score (nSPS) is 15.7. The fourth-order valence-corrected chi connectivity index (χ4v) is 2.43. The lowest BCUT2D eigenvalue weighted by atomic mass is 10.1. The number of nitrogens with one attached hydrogen (secondary N) is 1. The number of carbonyl (C=O) groups excluding carboxylic acids is 1. The van der Waals surface area contributed by atoms with Gasteiger partial charge in [-0.2, -0.15) is 0 Å². The Morgan fingerprint density at radius 2 is 2.10 bits per heavy atom. The van der Waals surface area contributed by atoms with Crippen molar-refractivity contribution in [3.63, 3.8) is 0 Å². The molecular formula is C15H14BrFN2O2. The SMILES string of the molecule is O=C(Cc1ccc(Br)cc1)Nc1cc(C2(CF)CC2)no1. The van der Waals surface area contributed by atoms with Crippen molar-refractivity contribution in [2.45, 2.75) is 24.7 Å². The standard InChI is InChI=1S/C15H14BrFN2O2/c16-11-3-1-10(2-4-11)7-13(20)18-14-8-12(19-21-14)15(9-17)5-6-15/h1-4,8H,5-7,9H2,(H,18,20). The zero-order valence-electron chi connectivity index (χ0n) is 11.2. The van der Waals surface area contributed by atoms with Crippen LogP contribution in [0.3, 0.4) is 0 Å². The van der Waals surface area contributed by atoms with Crippen molar-refractivity contribution in [2.75, 3.05) is 12.0 Å². The number of nitrogens with zero attached hydrogens (tertiary/aromatic N) is 1. The van der Waals surface area contributed by atoms with Crippen LogP contribution in [0.2, 0.25) is 0 Å². The average Bonchev–Trinajstić information content (AvgIpc) is 3.14. The predicted octanol–water partition coefficient (Wildman–Crippen LogP) is 3.62. The number of hydrogen-bond donors (Lipinski definition) is 1. The minimum atomic E-state index is -0.474. The first-order chi connectivity index (χ1) is 10.1. The Bertz CT molecular complexity index is 650. The van der Waals surface area contributed by atoms with Gasteiger partial charge in [-0.15, -0.1) is 0 Å². The first kappa shape index (κ1) is 14.3. The third-order valence-corrected chi connectivity index (χ3v) is 4.23. The third-order valence-electron chi connectivity index (χ3n) is 3.70. The van der Waals surface area contributed by atoms with Gasteiger partial charge in [-0.1, -0.05) is 33.2 Å². The summed E-state index contributed by atoms with van der Waals surface area (Å²) >= 11 is 3.34. The van der Waals surface area contributed by atoms with Crippen LogP contribution in [-0.2, 0) is 16.6 Å². The molecule has 0 atom stereocenters. The summed E-state index contributed by atoms with van der Waals surface area (Å²) in [4.78, 5) is 11.9. The van der Waals surface area contributed by atoms with Gasteiger partial charge in [-0.25, -0.2) is 0 Å². The number of aromatic nitrogens is 1. The summed E-state index contributed by atoms with van der Waals surface area (Å²) < 4.78 is 19.0. The second kappa shape index (κ2) is 5.60. The van der Waals surface area contributed by atoms with E-state index in [1.54, 1.807) is 6.07 Å². The van der Waals surface area contributed by atoms with Crippen molar-refractivity contribution in [2.24, 2.45) is 0 Å². The molecule has 1 aliphatic carbocycles. The second-order valence-electron chi connectivity index (χ2n) is 5.34. The van der Waals surface area contributed by atoms with E-state index in [1.807, 2.05) is 24.3 Å². The van der Waals surface area contributed by atoms with Crippen molar-refractivity contribution in [1.29, 1.82) is 0 Å². The third kappa shape index (κ3) is 3.15. The Morgan fingerprint density at radius 3 is 2.71 bits per heavy atom. The van der Waals surface area contributed by atoms with Crippen LogP contribution in [0.5, 0.6) is 0 Å². The van der Waals surface area contributed by atoms with Crippen molar-refractivity contribution >= 4 is 27.7 Å². The minimum absolute atomic E-state index is 0.190. The summed E-state index contributed by atoms with van der Waals surface area (Å²) in [6, 6.07) is 9.13. The molecule has 2 aromatic rings. The van der Waals surface area contributed by atoms with E-state index in [1.165, 1.54) is 0 Å². The molecule has 1 heterocycles. The van der Waals surface area contributed by atoms with Crippen LogP contribution in [-0.4, -0.2) is 17.7 Å². The van der Waals surface area contributed by atoms with Gasteiger partial charge in [0.25, 0.3) is 0 Å². The lowest BCUT2D eigenvalue weighted by Crippen LogP contribution is -2.14. The molecule has 0 radical (unpaired) electrons. The highest BCUT2D eigenvalue weighted by atomic mass is 79.9. The van der Waals surface area contributed by atoms with E-state index in [0.717, 1.165) is 22.9 Å². The molecule has 0 saturated heterocycles. The largest absolute Gasteiger partial charge is 0.338 e. The second-order valence-corrected chi connectivity index (χ2v) is 6.26. The highest BCUT2D eigenvalue weighted by molar-refractivity contribution is 9.10. The molecule has 110 valence electrons. The van der Waals surface area contributed by atoms with Crippen molar-refractivity contribution in [3.05, 3.63) is 46.1 Å². The summed E-state index contributed by atoms with van der Waals surface area (Å²) in [5.74, 6) is 0.0805. The van der Waals surface area contributed by atoms with E-state index in [2.05, 4.69) is 26.4 Å². The molecule has 1 saturated carbocycles. The Kier molecular flexibility index (Phi) is 3.80. The zero-order chi connectivity index (χ0) is 14.9. The Balaban J connectivity index is 1.61. The van der Waals surface area contributed by atoms with Crippen LogP contribution in [0.25, 0.3) is 0 Å². The smallest absolute Gasteiger partial charge is 0.231 e. The van der Waals surface area contributed by atoms with Gasteiger partial charge in [-0.05, 0) is 30.5 Å². The molecule has 4 nitrogen and oxygen atoms in total. The van der Waals surface area contributed by atoms with Crippen molar-refractivity contribution in [1.82, 2.24) is 5.16 Å². The Labute approximate surface area is 129 Å². The molecule has 3 rings (SSSR count). The van der Waals surface area contributed by atoms with Gasteiger partial charge >= 0.3 is 0 Å². The maximum absolute atomic E-state index is 12.9. The van der Waals surface area contributed by atoms with Gasteiger partial charge in [-0.3, -0.25) is 14.5 Å². The molecule has 0 spiro atoms. The molecule has 1 aliphatic rings. The fourth-order valence-electron chi connectivity index (χ4n) is 2.16. The molecule has 21 heavy (non-hydrogen) atoms. The molecule has 0 bridgehead atoms. The first-order valence-corrected chi connectivity index (χ1v) is 7.48. The van der Waals surface area contributed by atoms with Gasteiger partial charge in [0.15, 0.2) is 0 Å². The summed E-state index contributed by atoms with van der Waals surface area (Å²) in [5, 5.41) is 6.50. The minimum Gasteiger partial charge on any atom is -0.338 e. The maximum atomic E-state index is 12.9. The molecule has 1 N–H and O–H groups in total. The summed E-state index contributed by atoms with van der Waals surface area (Å²) in [7, 11) is 0. The molecular weight excluding hydrogens is 339 g/mol. The summed E-state index contributed by atoms with van der Waals surface area (Å²) in [6.45, 7) is -0.439. The van der Waals surface area contributed by atoms with E-state index in [4.69, 9.17) is 4.52 Å². The number of anilines is 1. The maximum Gasteiger partial charge on any atom is 0.231 e. The Hall–Kier alpha value is -1.69. The zero-order valence-corrected chi connectivity index (χ0v) is 12.8. The molecule has 1 amide bonds. The number of benzene rings is 1. The topological polar surface area (TPSA) is 55.1 Å². The number of amides is 1. The number of carbonyl (C=O) groups is 1. The van der Waals surface area contributed by atoms with Gasteiger partial charge in [0.1, 0.15) is 6.67 Å².